The predicted octanol–water partition coefficient (Wildman–Crippen LogP) is 0.805. The van der Waals surface area contributed by atoms with Crippen molar-refractivity contribution < 1.29 is 9.63 Å². The number of nitrogens with zero attached hydrogens (tertiary/aromatic N) is 1. The number of hydrogen-bond acceptors (Lipinski definition) is 2. The predicted molar refractivity (Wildman–Crippen MR) is 34.7 cm³/mol. The van der Waals surface area contributed by atoms with E-state index in [4.69, 9.17) is 4.84 Å². The molecule has 0 radical (unpaired) electrons. The topological polar surface area (TPSA) is 29.5 Å². The summed E-state index contributed by atoms with van der Waals surface area (Å²) in [4.78, 5) is 14.9. The lowest BCUT2D eigenvalue weighted by atomic mass is 10.1. The molecule has 0 aliphatic rings. The number of carbonyl (C=O) groups is 1. The summed E-state index contributed by atoms with van der Waals surface area (Å²) in [7, 11) is 1.47. The summed E-state index contributed by atoms with van der Waals surface area (Å²) in [6.07, 6.45) is 0.667. The maximum absolute atomic E-state index is 10.2. The Kier molecular flexibility index (Phi) is 2.65. The van der Waals surface area contributed by atoms with Gasteiger partial charge in [-0.1, -0.05) is 0 Å². The van der Waals surface area contributed by atoms with Crippen molar-refractivity contribution in [3.63, 3.8) is 0 Å². The third-order valence-corrected chi connectivity index (χ3v) is 0.954. The molecule has 1 amide bonds. The Morgan fingerprint density at radius 3 is 1.89 bits per heavy atom. The van der Waals surface area contributed by atoms with Gasteiger partial charge in [0, 0.05) is 0 Å². The SMILES string of the molecule is CON(C=O)C(C)(C)C. The Balaban J connectivity index is 3.94. The van der Waals surface area contributed by atoms with E-state index in [0.717, 1.165) is 0 Å². The monoisotopic (exact) mass is 131 g/mol. The molecule has 0 aromatic rings. The Morgan fingerprint density at radius 2 is 1.89 bits per heavy atom. The van der Waals surface area contributed by atoms with Crippen LogP contribution in [0.2, 0.25) is 0 Å². The second-order valence-electron chi connectivity index (χ2n) is 2.78. The summed E-state index contributed by atoms with van der Waals surface area (Å²) in [6, 6.07) is 0. The van der Waals surface area contributed by atoms with Crippen molar-refractivity contribution in [2.45, 2.75) is 26.3 Å². The second-order valence-corrected chi connectivity index (χ2v) is 2.78. The smallest absolute Gasteiger partial charge is 0.233 e. The standard InChI is InChI=1S/C6H13NO2/c1-6(2,3)7(5-8)9-4/h5H,1-4H3. The molecule has 9 heavy (non-hydrogen) atoms. The van der Waals surface area contributed by atoms with Gasteiger partial charge in [0.1, 0.15) is 0 Å². The Labute approximate surface area is 55.6 Å². The quantitative estimate of drug-likeness (QED) is 0.410. The van der Waals surface area contributed by atoms with Crippen LogP contribution in [0.15, 0.2) is 0 Å². The van der Waals surface area contributed by atoms with E-state index in [-0.39, 0.29) is 5.54 Å². The second kappa shape index (κ2) is 2.82. The molecule has 3 nitrogen and oxygen atoms in total. The molecule has 0 heterocycles. The van der Waals surface area contributed by atoms with E-state index in [1.807, 2.05) is 20.8 Å². The van der Waals surface area contributed by atoms with Crippen LogP contribution in [0.3, 0.4) is 0 Å². The molecule has 0 aliphatic heterocycles. The van der Waals surface area contributed by atoms with Crippen LogP contribution in [0.5, 0.6) is 0 Å². The molecular formula is C6H13NO2. The molecule has 3 heteroatoms. The van der Waals surface area contributed by atoms with Gasteiger partial charge in [-0.15, -0.1) is 0 Å². The van der Waals surface area contributed by atoms with Gasteiger partial charge >= 0.3 is 0 Å². The number of carbonyl (C=O) groups excluding carboxylic acids is 1. The van der Waals surface area contributed by atoms with Crippen molar-refractivity contribution in [2.24, 2.45) is 0 Å². The molecule has 0 aromatic heterocycles. The maximum Gasteiger partial charge on any atom is 0.233 e. The molecule has 0 rings (SSSR count). The molecule has 0 bridgehead atoms. The molecule has 0 aliphatic carbocycles. The summed E-state index contributed by atoms with van der Waals surface area (Å²) < 4.78 is 0. The van der Waals surface area contributed by atoms with Crippen molar-refractivity contribution in [3.8, 4) is 0 Å². The van der Waals surface area contributed by atoms with E-state index in [1.165, 1.54) is 12.2 Å². The number of hydrogen-bond donors (Lipinski definition) is 0. The molecule has 0 saturated heterocycles. The molecule has 54 valence electrons. The average Bonchev–Trinajstić information content (AvgIpc) is 1.65. The highest BCUT2D eigenvalue weighted by Crippen LogP contribution is 2.09. The van der Waals surface area contributed by atoms with Crippen molar-refractivity contribution in [3.05, 3.63) is 0 Å². The van der Waals surface area contributed by atoms with E-state index in [1.54, 1.807) is 0 Å². The zero-order valence-electron chi connectivity index (χ0n) is 6.34. The zero-order chi connectivity index (χ0) is 7.49. The number of amides is 1. The summed E-state index contributed by atoms with van der Waals surface area (Å²) in [5, 5.41) is 1.26. The summed E-state index contributed by atoms with van der Waals surface area (Å²) in [5.41, 5.74) is -0.240. The van der Waals surface area contributed by atoms with E-state index < -0.39 is 0 Å². The summed E-state index contributed by atoms with van der Waals surface area (Å²) in [6.45, 7) is 5.68. The number of rotatable bonds is 2. The van der Waals surface area contributed by atoms with Gasteiger partial charge in [0.2, 0.25) is 6.41 Å². The van der Waals surface area contributed by atoms with Crippen LogP contribution < -0.4 is 0 Å². The third-order valence-electron chi connectivity index (χ3n) is 0.954. The van der Waals surface area contributed by atoms with Crippen LogP contribution in [-0.4, -0.2) is 24.1 Å². The van der Waals surface area contributed by atoms with E-state index in [9.17, 15) is 4.79 Å². The lowest BCUT2D eigenvalue weighted by Gasteiger charge is -2.28. The minimum absolute atomic E-state index is 0.240. The van der Waals surface area contributed by atoms with Crippen LogP contribution >= 0.6 is 0 Å². The lowest BCUT2D eigenvalue weighted by molar-refractivity contribution is -0.186. The molecular weight excluding hydrogens is 118 g/mol. The molecule has 0 aromatic carbocycles. The van der Waals surface area contributed by atoms with Gasteiger partial charge in [0.25, 0.3) is 0 Å². The Morgan fingerprint density at radius 1 is 1.44 bits per heavy atom. The zero-order valence-corrected chi connectivity index (χ0v) is 6.34. The lowest BCUT2D eigenvalue weighted by Crippen LogP contribution is -2.39. The van der Waals surface area contributed by atoms with Gasteiger partial charge in [-0.3, -0.25) is 9.63 Å². The fraction of sp³-hybridized carbons (Fsp3) is 0.833. The first kappa shape index (κ1) is 8.43. The first-order valence-electron chi connectivity index (χ1n) is 2.81. The van der Waals surface area contributed by atoms with Crippen LogP contribution in [-0.2, 0) is 9.63 Å². The first-order chi connectivity index (χ1) is 4.02. The Bertz CT molecular complexity index is 95.7. The van der Waals surface area contributed by atoms with Gasteiger partial charge in [-0.2, -0.15) is 0 Å². The highest BCUT2D eigenvalue weighted by Gasteiger charge is 2.18. The fourth-order valence-corrected chi connectivity index (χ4v) is 0.475. The van der Waals surface area contributed by atoms with Gasteiger partial charge in [-0.05, 0) is 20.8 Å². The first-order valence-corrected chi connectivity index (χ1v) is 2.81. The highest BCUT2D eigenvalue weighted by molar-refractivity contribution is 5.46. The minimum Gasteiger partial charge on any atom is -0.276 e. The van der Waals surface area contributed by atoms with Gasteiger partial charge < -0.3 is 0 Å². The van der Waals surface area contributed by atoms with Gasteiger partial charge in [-0.25, -0.2) is 5.06 Å². The molecule has 0 atom stereocenters. The van der Waals surface area contributed by atoms with E-state index in [2.05, 4.69) is 0 Å². The van der Waals surface area contributed by atoms with Crippen molar-refractivity contribution in [1.82, 2.24) is 5.06 Å². The molecule has 0 fully saturated rings. The van der Waals surface area contributed by atoms with Crippen LogP contribution in [0.25, 0.3) is 0 Å². The molecule has 0 N–H and O–H groups in total. The summed E-state index contributed by atoms with van der Waals surface area (Å²) >= 11 is 0. The van der Waals surface area contributed by atoms with Crippen molar-refractivity contribution >= 4 is 6.41 Å². The highest BCUT2D eigenvalue weighted by atomic mass is 16.7. The maximum atomic E-state index is 10.2. The van der Waals surface area contributed by atoms with Crippen molar-refractivity contribution in [2.75, 3.05) is 7.11 Å². The molecule has 0 saturated carbocycles. The largest absolute Gasteiger partial charge is 0.276 e. The van der Waals surface area contributed by atoms with Crippen LogP contribution in [0.4, 0.5) is 0 Å². The van der Waals surface area contributed by atoms with Gasteiger partial charge in [0.15, 0.2) is 0 Å². The normalized spacial score (nSPS) is 11.1. The minimum atomic E-state index is -0.240. The fourth-order valence-electron chi connectivity index (χ4n) is 0.475. The van der Waals surface area contributed by atoms with Gasteiger partial charge in [0.05, 0.1) is 12.6 Å². The average molecular weight is 131 g/mol. The molecule has 0 spiro atoms. The van der Waals surface area contributed by atoms with Crippen molar-refractivity contribution in [1.29, 1.82) is 0 Å². The van der Waals surface area contributed by atoms with Crippen LogP contribution in [0.1, 0.15) is 20.8 Å². The third kappa shape index (κ3) is 2.46. The molecule has 0 unspecified atom stereocenters. The number of hydroxylamine groups is 2. The van der Waals surface area contributed by atoms with Crippen LogP contribution in [0, 0.1) is 0 Å². The Hall–Kier alpha value is -0.570. The van der Waals surface area contributed by atoms with E-state index >= 15 is 0 Å². The van der Waals surface area contributed by atoms with E-state index in [0.29, 0.717) is 6.41 Å². The summed E-state index contributed by atoms with van der Waals surface area (Å²) in [5.74, 6) is 0.